The molecule has 0 aromatic carbocycles. The van der Waals surface area contributed by atoms with Crippen LogP contribution in [0.3, 0.4) is 0 Å². The van der Waals surface area contributed by atoms with E-state index in [4.69, 9.17) is 0 Å². The zero-order valence-corrected chi connectivity index (χ0v) is 24.0. The number of sulfone groups is 1. The smallest absolute Gasteiger partial charge is 0.157 e. The van der Waals surface area contributed by atoms with Crippen molar-refractivity contribution in [2.75, 3.05) is 0 Å². The molecule has 3 heteroatoms. The Labute approximate surface area is 208 Å². The van der Waals surface area contributed by atoms with Crippen LogP contribution in [-0.4, -0.2) is 18.9 Å². The molecule has 2 aliphatic rings. The molecule has 0 aliphatic heterocycles. The van der Waals surface area contributed by atoms with Gasteiger partial charge in [0.1, 0.15) is 0 Å². The lowest BCUT2D eigenvalue weighted by molar-refractivity contribution is 0.154. The van der Waals surface area contributed by atoms with Crippen molar-refractivity contribution in [1.82, 2.24) is 0 Å². The summed E-state index contributed by atoms with van der Waals surface area (Å²) in [5.74, 6) is 3.04. The fraction of sp³-hybridized carbons (Fsp3) is 1.00. The fourth-order valence-corrected chi connectivity index (χ4v) is 11.9. The van der Waals surface area contributed by atoms with E-state index in [0.717, 1.165) is 88.9 Å². The molecular weight excluding hydrogens is 424 g/mol. The molecule has 2 nitrogen and oxygen atoms in total. The van der Waals surface area contributed by atoms with Gasteiger partial charge >= 0.3 is 0 Å². The topological polar surface area (TPSA) is 34.1 Å². The van der Waals surface area contributed by atoms with E-state index in [1.807, 2.05) is 0 Å². The monoisotopic (exact) mass is 482 g/mol. The van der Waals surface area contributed by atoms with Gasteiger partial charge in [-0.2, -0.15) is 0 Å². The number of rotatable bonds is 14. The highest BCUT2D eigenvalue weighted by Crippen LogP contribution is 2.50. The third kappa shape index (κ3) is 7.47. The predicted molar refractivity (Wildman–Crippen MR) is 145 cm³/mol. The van der Waals surface area contributed by atoms with E-state index in [9.17, 15) is 8.42 Å². The third-order valence-electron chi connectivity index (χ3n) is 9.19. The Morgan fingerprint density at radius 3 is 0.909 bits per heavy atom. The highest BCUT2D eigenvalue weighted by molar-refractivity contribution is 7.92. The summed E-state index contributed by atoms with van der Waals surface area (Å²) >= 11 is 0. The van der Waals surface area contributed by atoms with Crippen LogP contribution in [0.2, 0.25) is 0 Å². The molecule has 0 saturated heterocycles. The summed E-state index contributed by atoms with van der Waals surface area (Å²) in [6.45, 7) is 13.6. The van der Waals surface area contributed by atoms with Gasteiger partial charge in [0, 0.05) is 0 Å². The maximum atomic E-state index is 14.8. The van der Waals surface area contributed by atoms with Crippen molar-refractivity contribution in [2.24, 2.45) is 35.5 Å². The van der Waals surface area contributed by atoms with E-state index in [2.05, 4.69) is 41.5 Å². The molecule has 0 aromatic heterocycles. The molecule has 0 N–H and O–H groups in total. The van der Waals surface area contributed by atoms with Gasteiger partial charge in [-0.25, -0.2) is 8.42 Å². The zero-order valence-electron chi connectivity index (χ0n) is 23.2. The van der Waals surface area contributed by atoms with Crippen molar-refractivity contribution >= 4 is 9.84 Å². The number of hydrogen-bond acceptors (Lipinski definition) is 2. The van der Waals surface area contributed by atoms with E-state index in [1.54, 1.807) is 0 Å². The standard InChI is InChI=1S/C30H58O2S/c1-7-13-23-19-25(15-9-3)29(26(20-23)16-10-4)33(31,32)30-27(17-11-5)21-24(14-8-2)22-28(30)18-12-6/h23-30H,7-22H2,1-6H3. The summed E-state index contributed by atoms with van der Waals surface area (Å²) < 4.78 is 29.6. The van der Waals surface area contributed by atoms with Gasteiger partial charge in [0.05, 0.1) is 10.5 Å². The Kier molecular flexibility index (Phi) is 12.8. The van der Waals surface area contributed by atoms with Crippen LogP contribution in [0.5, 0.6) is 0 Å². The molecule has 0 amide bonds. The lowest BCUT2D eigenvalue weighted by Crippen LogP contribution is -2.52. The molecule has 0 bridgehead atoms. The molecule has 4 unspecified atom stereocenters. The minimum atomic E-state index is -3.15. The van der Waals surface area contributed by atoms with Gasteiger partial charge in [-0.05, 0) is 86.9 Å². The second-order valence-electron chi connectivity index (χ2n) is 12.0. The summed E-state index contributed by atoms with van der Waals surface area (Å²) in [5.41, 5.74) is 0. The van der Waals surface area contributed by atoms with Gasteiger partial charge in [0.2, 0.25) is 0 Å². The van der Waals surface area contributed by atoms with Crippen LogP contribution < -0.4 is 0 Å². The molecule has 196 valence electrons. The lowest BCUT2D eigenvalue weighted by atomic mass is 9.70. The Bertz CT molecular complexity index is 547. The average molecular weight is 483 g/mol. The van der Waals surface area contributed by atoms with Crippen LogP contribution in [0.1, 0.15) is 144 Å². The minimum Gasteiger partial charge on any atom is -0.228 e. The third-order valence-corrected chi connectivity index (χ3v) is 12.3. The largest absolute Gasteiger partial charge is 0.228 e. The van der Waals surface area contributed by atoms with E-state index in [1.165, 1.54) is 25.7 Å². The maximum absolute atomic E-state index is 14.8. The van der Waals surface area contributed by atoms with Crippen molar-refractivity contribution in [2.45, 2.75) is 155 Å². The summed E-state index contributed by atoms with van der Waals surface area (Å²) in [5, 5.41) is -0.145. The Hall–Kier alpha value is -0.0500. The van der Waals surface area contributed by atoms with Gasteiger partial charge in [0.25, 0.3) is 0 Å². The second kappa shape index (κ2) is 14.5. The molecule has 2 aliphatic carbocycles. The summed E-state index contributed by atoms with van der Waals surface area (Å²) in [6, 6.07) is 0. The fourth-order valence-electron chi connectivity index (χ4n) is 8.37. The van der Waals surface area contributed by atoms with Crippen LogP contribution >= 0.6 is 0 Å². The van der Waals surface area contributed by atoms with Crippen molar-refractivity contribution in [3.05, 3.63) is 0 Å². The van der Waals surface area contributed by atoms with E-state index in [0.29, 0.717) is 23.7 Å². The zero-order chi connectivity index (χ0) is 24.4. The van der Waals surface area contributed by atoms with Gasteiger partial charge in [-0.3, -0.25) is 0 Å². The molecular formula is C30H58O2S. The first-order valence-corrected chi connectivity index (χ1v) is 16.7. The van der Waals surface area contributed by atoms with Gasteiger partial charge in [-0.15, -0.1) is 0 Å². The Morgan fingerprint density at radius 2 is 0.697 bits per heavy atom. The second-order valence-corrected chi connectivity index (χ2v) is 14.2. The van der Waals surface area contributed by atoms with Gasteiger partial charge < -0.3 is 0 Å². The SMILES string of the molecule is CCCC1CC(CCC)C(S(=O)(=O)C2C(CCC)CC(CCC)CC2CCC)C(CCC)C1. The Morgan fingerprint density at radius 1 is 0.455 bits per heavy atom. The molecule has 33 heavy (non-hydrogen) atoms. The molecule has 0 aromatic rings. The van der Waals surface area contributed by atoms with Crippen molar-refractivity contribution < 1.29 is 8.42 Å². The van der Waals surface area contributed by atoms with Gasteiger partial charge in [0.15, 0.2) is 9.84 Å². The summed E-state index contributed by atoms with van der Waals surface area (Å²) in [7, 11) is -3.15. The first-order chi connectivity index (χ1) is 15.9. The quantitative estimate of drug-likeness (QED) is 0.247. The van der Waals surface area contributed by atoms with E-state index >= 15 is 0 Å². The number of hydrogen-bond donors (Lipinski definition) is 0. The van der Waals surface area contributed by atoms with Crippen molar-refractivity contribution in [1.29, 1.82) is 0 Å². The molecule has 2 saturated carbocycles. The van der Waals surface area contributed by atoms with E-state index < -0.39 is 9.84 Å². The normalized spacial score (nSPS) is 35.6. The maximum Gasteiger partial charge on any atom is 0.157 e. The molecule has 2 rings (SSSR count). The minimum absolute atomic E-state index is 0.0723. The molecule has 4 atom stereocenters. The van der Waals surface area contributed by atoms with Crippen LogP contribution in [0.15, 0.2) is 0 Å². The van der Waals surface area contributed by atoms with Crippen molar-refractivity contribution in [3.63, 3.8) is 0 Å². The summed E-state index contributed by atoms with van der Waals surface area (Å²) in [4.78, 5) is 0. The first-order valence-electron chi connectivity index (χ1n) is 15.1. The highest BCUT2D eigenvalue weighted by atomic mass is 32.2. The molecule has 0 heterocycles. The van der Waals surface area contributed by atoms with E-state index in [-0.39, 0.29) is 10.5 Å². The predicted octanol–water partition coefficient (Wildman–Crippen LogP) is 9.22. The molecule has 0 radical (unpaired) electrons. The average Bonchev–Trinajstić information content (AvgIpc) is 2.74. The van der Waals surface area contributed by atoms with Crippen molar-refractivity contribution in [3.8, 4) is 0 Å². The lowest BCUT2D eigenvalue weighted by Gasteiger charge is -2.48. The van der Waals surface area contributed by atoms with Crippen LogP contribution in [0, 0.1) is 35.5 Å². The van der Waals surface area contributed by atoms with Crippen LogP contribution in [-0.2, 0) is 9.84 Å². The summed E-state index contributed by atoms with van der Waals surface area (Å²) in [6.07, 6.45) is 18.6. The van der Waals surface area contributed by atoms with Crippen LogP contribution in [0.25, 0.3) is 0 Å². The molecule has 2 fully saturated rings. The first kappa shape index (κ1) is 29.2. The molecule has 0 spiro atoms. The van der Waals surface area contributed by atoms with Crippen LogP contribution in [0.4, 0.5) is 0 Å². The highest BCUT2D eigenvalue weighted by Gasteiger charge is 2.52. The van der Waals surface area contributed by atoms with Gasteiger partial charge in [-0.1, -0.05) is 92.9 Å². The Balaban J connectivity index is 2.46.